The summed E-state index contributed by atoms with van der Waals surface area (Å²) in [5, 5.41) is 2.88. The molecule has 1 fully saturated rings. The van der Waals surface area contributed by atoms with E-state index in [9.17, 15) is 30.8 Å². The van der Waals surface area contributed by atoms with Crippen molar-refractivity contribution in [2.45, 2.75) is 43.3 Å². The fraction of sp³-hybridized carbons (Fsp3) is 0.900. The number of nitrogens with one attached hydrogen (secondary N) is 1. The number of carboxylic acid groups (broad SMARTS) is 1. The zero-order valence-corrected chi connectivity index (χ0v) is 11.2. The van der Waals surface area contributed by atoms with Crippen LogP contribution < -0.4 is 4.72 Å². The highest BCUT2D eigenvalue weighted by Crippen LogP contribution is 2.48. The summed E-state index contributed by atoms with van der Waals surface area (Å²) < 4.78 is 78.3. The lowest BCUT2D eigenvalue weighted by atomic mass is 9.84. The van der Waals surface area contributed by atoms with Crippen molar-refractivity contribution in [1.29, 1.82) is 0 Å². The van der Waals surface area contributed by atoms with E-state index < -0.39 is 39.6 Å². The van der Waals surface area contributed by atoms with E-state index >= 15 is 0 Å². The fourth-order valence-electron chi connectivity index (χ4n) is 2.13. The van der Waals surface area contributed by atoms with E-state index in [0.717, 1.165) is 4.72 Å². The van der Waals surface area contributed by atoms with E-state index in [4.69, 9.17) is 5.11 Å². The monoisotopic (exact) mass is 321 g/mol. The lowest BCUT2D eigenvalue weighted by Gasteiger charge is -2.34. The zero-order valence-electron chi connectivity index (χ0n) is 10.4. The first kappa shape index (κ1) is 17.2. The predicted octanol–water partition coefficient (Wildman–Crippen LogP) is 1.80. The molecule has 0 aliphatic heterocycles. The molecule has 0 radical (unpaired) electrons. The Bertz CT molecular complexity index is 460. The van der Waals surface area contributed by atoms with Crippen LogP contribution in [0.1, 0.15) is 32.1 Å². The van der Waals surface area contributed by atoms with Crippen molar-refractivity contribution < 1.29 is 35.9 Å². The summed E-state index contributed by atoms with van der Waals surface area (Å²) in [4.78, 5) is 10.2. The molecule has 20 heavy (non-hydrogen) atoms. The zero-order chi connectivity index (χ0) is 15.6. The Labute approximate surface area is 113 Å². The molecule has 10 heteroatoms. The second-order valence-corrected chi connectivity index (χ2v) is 6.50. The predicted molar refractivity (Wildman–Crippen MR) is 61.0 cm³/mol. The Hall–Kier alpha value is -0.900. The molecule has 0 spiro atoms. The highest BCUT2D eigenvalue weighted by molar-refractivity contribution is 7.90. The summed E-state index contributed by atoms with van der Waals surface area (Å²) in [5.41, 5.74) is 0. The van der Waals surface area contributed by atoms with Crippen LogP contribution >= 0.6 is 0 Å². The molecule has 0 aromatic heterocycles. The summed E-state index contributed by atoms with van der Waals surface area (Å²) in [6, 6.07) is 0. The van der Waals surface area contributed by atoms with Gasteiger partial charge in [-0.1, -0.05) is 19.3 Å². The Morgan fingerprint density at radius 3 is 2.10 bits per heavy atom. The van der Waals surface area contributed by atoms with Crippen LogP contribution in [0.5, 0.6) is 0 Å². The van der Waals surface area contributed by atoms with Gasteiger partial charge in [0.25, 0.3) is 10.0 Å². The van der Waals surface area contributed by atoms with Gasteiger partial charge in [0.05, 0.1) is 0 Å². The number of alkyl halides is 4. The summed E-state index contributed by atoms with van der Waals surface area (Å²) in [7, 11) is -5.78. The van der Waals surface area contributed by atoms with E-state index in [1.807, 2.05) is 0 Å². The number of aliphatic carboxylic acids is 1. The van der Waals surface area contributed by atoms with Crippen molar-refractivity contribution in [3.63, 3.8) is 0 Å². The number of hydrogen-bond donors (Lipinski definition) is 2. The van der Waals surface area contributed by atoms with Crippen LogP contribution in [0.2, 0.25) is 0 Å². The van der Waals surface area contributed by atoms with Gasteiger partial charge in [-0.15, -0.1) is 0 Å². The van der Waals surface area contributed by atoms with Crippen LogP contribution in [0, 0.1) is 5.92 Å². The van der Waals surface area contributed by atoms with Gasteiger partial charge in [0.2, 0.25) is 0 Å². The molecule has 2 N–H and O–H groups in total. The van der Waals surface area contributed by atoms with Gasteiger partial charge in [-0.25, -0.2) is 8.42 Å². The van der Waals surface area contributed by atoms with Crippen LogP contribution in [-0.2, 0) is 14.8 Å². The van der Waals surface area contributed by atoms with E-state index in [-0.39, 0.29) is 12.8 Å². The van der Waals surface area contributed by atoms with E-state index in [0.29, 0.717) is 19.3 Å². The first-order chi connectivity index (χ1) is 9.02. The summed E-state index contributed by atoms with van der Waals surface area (Å²) in [6.07, 6.45) is 0.939. The molecule has 0 aromatic carbocycles. The average Bonchev–Trinajstić information content (AvgIpc) is 2.37. The van der Waals surface area contributed by atoms with Crippen LogP contribution in [-0.4, -0.2) is 37.2 Å². The maximum absolute atomic E-state index is 13.8. The maximum Gasteiger partial charge on any atom is 0.420 e. The Morgan fingerprint density at radius 2 is 1.65 bits per heavy atom. The van der Waals surface area contributed by atoms with Crippen molar-refractivity contribution in [2.24, 2.45) is 5.92 Å². The topological polar surface area (TPSA) is 83.5 Å². The quantitative estimate of drug-likeness (QED) is 0.731. The normalized spacial score (nSPS) is 19.0. The van der Waals surface area contributed by atoms with Crippen molar-refractivity contribution >= 4 is 16.0 Å². The Kier molecular flexibility index (Phi) is 5.01. The molecule has 0 saturated heterocycles. The lowest BCUT2D eigenvalue weighted by Crippen LogP contribution is -2.56. The number of rotatable bonds is 6. The second kappa shape index (κ2) is 5.84. The van der Waals surface area contributed by atoms with Crippen molar-refractivity contribution in [1.82, 2.24) is 4.72 Å². The lowest BCUT2D eigenvalue weighted by molar-refractivity contribution is -0.196. The summed E-state index contributed by atoms with van der Waals surface area (Å²) in [6.45, 7) is -1.38. The number of halogens is 4. The molecule has 118 valence electrons. The molecular weight excluding hydrogens is 306 g/mol. The fourth-order valence-corrected chi connectivity index (χ4v) is 3.15. The van der Waals surface area contributed by atoms with E-state index in [1.54, 1.807) is 0 Å². The van der Waals surface area contributed by atoms with E-state index in [2.05, 4.69) is 0 Å². The van der Waals surface area contributed by atoms with Gasteiger partial charge >= 0.3 is 17.1 Å². The molecule has 5 nitrogen and oxygen atoms in total. The van der Waals surface area contributed by atoms with Gasteiger partial charge < -0.3 is 5.11 Å². The standard InChI is InChI=1S/C10H15F4NO4S/c11-9(12,7-4-2-1-3-5-7)10(13,14)20(18,19)15-6-8(16)17/h7,15H,1-6H2,(H,16,17). The van der Waals surface area contributed by atoms with Gasteiger partial charge in [-0.05, 0) is 12.8 Å². The third kappa shape index (κ3) is 3.22. The van der Waals surface area contributed by atoms with Crippen LogP contribution in [0.15, 0.2) is 0 Å². The largest absolute Gasteiger partial charge is 0.480 e. The summed E-state index contributed by atoms with van der Waals surface area (Å²) in [5.74, 6) is -8.21. The third-order valence-corrected chi connectivity index (χ3v) is 4.73. The SMILES string of the molecule is O=C(O)CNS(=O)(=O)C(F)(F)C(F)(F)C1CCCCC1. The smallest absolute Gasteiger partial charge is 0.420 e. The molecule has 0 amide bonds. The molecule has 1 aliphatic carbocycles. The molecular formula is C10H15F4NO4S. The van der Waals surface area contributed by atoms with Crippen molar-refractivity contribution in [3.8, 4) is 0 Å². The van der Waals surface area contributed by atoms with Gasteiger partial charge in [0, 0.05) is 5.92 Å². The second-order valence-electron chi connectivity index (χ2n) is 4.69. The van der Waals surface area contributed by atoms with E-state index in [1.165, 1.54) is 0 Å². The average molecular weight is 321 g/mol. The molecule has 0 aromatic rings. The molecule has 0 heterocycles. The minimum absolute atomic E-state index is 0.183. The first-order valence-corrected chi connectivity index (χ1v) is 7.47. The molecule has 0 unspecified atom stereocenters. The van der Waals surface area contributed by atoms with Gasteiger partial charge in [-0.3, -0.25) is 4.79 Å². The van der Waals surface area contributed by atoms with Crippen LogP contribution in [0.4, 0.5) is 17.6 Å². The number of carbonyl (C=O) groups is 1. The van der Waals surface area contributed by atoms with Crippen molar-refractivity contribution in [3.05, 3.63) is 0 Å². The van der Waals surface area contributed by atoms with Crippen LogP contribution in [0.3, 0.4) is 0 Å². The first-order valence-electron chi connectivity index (χ1n) is 5.99. The Morgan fingerprint density at radius 1 is 1.15 bits per heavy atom. The highest BCUT2D eigenvalue weighted by Gasteiger charge is 2.68. The minimum Gasteiger partial charge on any atom is -0.480 e. The molecule has 1 saturated carbocycles. The molecule has 0 atom stereocenters. The van der Waals surface area contributed by atoms with Gasteiger partial charge in [-0.2, -0.15) is 22.3 Å². The minimum atomic E-state index is -5.78. The number of carboxylic acids is 1. The van der Waals surface area contributed by atoms with Gasteiger partial charge in [0.15, 0.2) is 0 Å². The van der Waals surface area contributed by atoms with Crippen LogP contribution in [0.25, 0.3) is 0 Å². The van der Waals surface area contributed by atoms with Crippen molar-refractivity contribution in [2.75, 3.05) is 6.54 Å². The molecule has 1 rings (SSSR count). The third-order valence-electron chi connectivity index (χ3n) is 3.26. The highest BCUT2D eigenvalue weighted by atomic mass is 32.2. The summed E-state index contributed by atoms with van der Waals surface area (Å²) >= 11 is 0. The number of hydrogen-bond acceptors (Lipinski definition) is 3. The number of sulfonamides is 1. The molecule has 1 aliphatic rings. The Balaban J connectivity index is 2.96. The van der Waals surface area contributed by atoms with Gasteiger partial charge in [0.1, 0.15) is 6.54 Å². The maximum atomic E-state index is 13.8. The molecule has 0 bridgehead atoms.